The average molecular weight is 257 g/mol. The lowest BCUT2D eigenvalue weighted by atomic mass is 10.2. The number of nitrogen functional groups attached to an aromatic ring is 1. The number of aromatic nitrogens is 1. The number of nitrogens with two attached hydrogens (primary N) is 1. The van der Waals surface area contributed by atoms with E-state index in [-0.39, 0.29) is 11.5 Å². The summed E-state index contributed by atoms with van der Waals surface area (Å²) in [5, 5.41) is 11.4. The van der Waals surface area contributed by atoms with Gasteiger partial charge in [-0.25, -0.2) is 4.79 Å². The van der Waals surface area contributed by atoms with E-state index in [1.54, 1.807) is 18.2 Å². The summed E-state index contributed by atoms with van der Waals surface area (Å²) < 4.78 is 0. The third-order valence-corrected chi connectivity index (χ3v) is 2.39. The minimum absolute atomic E-state index is 0.00498. The minimum Gasteiger partial charge on any atom is -0.478 e. The number of nitrogens with one attached hydrogen (secondary N) is 1. The van der Waals surface area contributed by atoms with E-state index < -0.39 is 5.97 Å². The first kappa shape index (κ1) is 12.6. The lowest BCUT2D eigenvalue weighted by Crippen LogP contribution is -2.13. The van der Waals surface area contributed by atoms with E-state index in [9.17, 15) is 9.59 Å². The fourth-order valence-electron chi connectivity index (χ4n) is 1.51. The van der Waals surface area contributed by atoms with Crippen molar-refractivity contribution in [2.75, 3.05) is 11.1 Å². The van der Waals surface area contributed by atoms with E-state index in [4.69, 9.17) is 10.8 Å². The predicted molar refractivity (Wildman–Crippen MR) is 70.0 cm³/mol. The van der Waals surface area contributed by atoms with Crippen LogP contribution in [0.1, 0.15) is 20.7 Å². The van der Waals surface area contributed by atoms with Gasteiger partial charge >= 0.3 is 5.97 Å². The molecular weight excluding hydrogens is 246 g/mol. The molecule has 1 amide bonds. The van der Waals surface area contributed by atoms with Gasteiger partial charge in [-0.2, -0.15) is 0 Å². The lowest BCUT2D eigenvalue weighted by molar-refractivity contribution is 0.0696. The summed E-state index contributed by atoms with van der Waals surface area (Å²) in [7, 11) is 0. The number of carbonyl (C=O) groups excluding carboxylic acids is 1. The second-order valence-electron chi connectivity index (χ2n) is 3.85. The smallest absolute Gasteiger partial charge is 0.337 e. The molecule has 1 aromatic carbocycles. The Labute approximate surface area is 108 Å². The van der Waals surface area contributed by atoms with Gasteiger partial charge in [-0.15, -0.1) is 0 Å². The third-order valence-electron chi connectivity index (χ3n) is 2.39. The molecule has 19 heavy (non-hydrogen) atoms. The summed E-state index contributed by atoms with van der Waals surface area (Å²) in [6, 6.07) is 7.81. The van der Waals surface area contributed by atoms with E-state index >= 15 is 0 Å². The molecule has 0 aliphatic heterocycles. The van der Waals surface area contributed by atoms with Gasteiger partial charge in [0.05, 0.1) is 17.4 Å². The number of hydrogen-bond acceptors (Lipinski definition) is 4. The monoisotopic (exact) mass is 257 g/mol. The summed E-state index contributed by atoms with van der Waals surface area (Å²) >= 11 is 0. The maximum absolute atomic E-state index is 11.9. The predicted octanol–water partition coefficient (Wildman–Crippen LogP) is 1.61. The number of carboxylic acid groups (broad SMARTS) is 1. The summed E-state index contributed by atoms with van der Waals surface area (Å²) in [4.78, 5) is 26.4. The standard InChI is InChI=1S/C13H11N3O3/c14-10-3-1-2-8(4-10)12(17)16-11-5-9(13(18)19)6-15-7-11/h1-7H,14H2,(H,16,17)(H,18,19). The number of anilines is 2. The van der Waals surface area contributed by atoms with E-state index in [1.807, 2.05) is 0 Å². The summed E-state index contributed by atoms with van der Waals surface area (Å²) in [6.45, 7) is 0. The minimum atomic E-state index is -1.10. The summed E-state index contributed by atoms with van der Waals surface area (Å²) in [5.41, 5.74) is 6.77. The van der Waals surface area contributed by atoms with Crippen LogP contribution in [0.15, 0.2) is 42.7 Å². The molecule has 1 heterocycles. The van der Waals surface area contributed by atoms with E-state index in [1.165, 1.54) is 24.5 Å². The van der Waals surface area contributed by atoms with Gasteiger partial charge in [-0.05, 0) is 24.3 Å². The van der Waals surface area contributed by atoms with Crippen molar-refractivity contribution in [1.29, 1.82) is 0 Å². The molecule has 96 valence electrons. The number of nitrogens with zero attached hydrogens (tertiary/aromatic N) is 1. The van der Waals surface area contributed by atoms with E-state index in [0.717, 1.165) is 0 Å². The Hall–Kier alpha value is -2.89. The maximum Gasteiger partial charge on any atom is 0.337 e. The van der Waals surface area contributed by atoms with Crippen LogP contribution < -0.4 is 11.1 Å². The van der Waals surface area contributed by atoms with Gasteiger partial charge in [0.15, 0.2) is 0 Å². The van der Waals surface area contributed by atoms with Crippen molar-refractivity contribution < 1.29 is 14.7 Å². The Morgan fingerprint density at radius 1 is 1.16 bits per heavy atom. The Morgan fingerprint density at radius 2 is 1.95 bits per heavy atom. The first-order chi connectivity index (χ1) is 9.06. The Kier molecular flexibility index (Phi) is 3.42. The van der Waals surface area contributed by atoms with Gasteiger partial charge in [-0.1, -0.05) is 6.07 Å². The van der Waals surface area contributed by atoms with E-state index in [2.05, 4.69) is 10.3 Å². The van der Waals surface area contributed by atoms with Crippen molar-refractivity contribution in [2.45, 2.75) is 0 Å². The van der Waals surface area contributed by atoms with Crippen LogP contribution >= 0.6 is 0 Å². The zero-order valence-electron chi connectivity index (χ0n) is 9.83. The van der Waals surface area contributed by atoms with Crippen LogP contribution in [0.2, 0.25) is 0 Å². The molecule has 0 bridgehead atoms. The Morgan fingerprint density at radius 3 is 2.63 bits per heavy atom. The Bertz CT molecular complexity index is 641. The van der Waals surface area contributed by atoms with Crippen molar-refractivity contribution in [3.63, 3.8) is 0 Å². The van der Waals surface area contributed by atoms with Crippen LogP contribution in [0.4, 0.5) is 11.4 Å². The molecule has 1 aromatic heterocycles. The quantitative estimate of drug-likeness (QED) is 0.724. The number of hydrogen-bond donors (Lipinski definition) is 3. The van der Waals surface area contributed by atoms with Crippen molar-refractivity contribution in [1.82, 2.24) is 4.98 Å². The molecule has 4 N–H and O–H groups in total. The number of pyridine rings is 1. The molecule has 0 unspecified atom stereocenters. The number of carboxylic acids is 1. The molecule has 0 spiro atoms. The van der Waals surface area contributed by atoms with Gasteiger partial charge in [0.25, 0.3) is 5.91 Å². The van der Waals surface area contributed by atoms with Crippen LogP contribution in [0.3, 0.4) is 0 Å². The van der Waals surface area contributed by atoms with Gasteiger partial charge in [0.2, 0.25) is 0 Å². The molecule has 0 aliphatic carbocycles. The summed E-state index contributed by atoms with van der Waals surface area (Å²) in [5.74, 6) is -1.48. The lowest BCUT2D eigenvalue weighted by Gasteiger charge is -2.06. The van der Waals surface area contributed by atoms with Gasteiger partial charge in [-0.3, -0.25) is 9.78 Å². The topological polar surface area (TPSA) is 105 Å². The largest absolute Gasteiger partial charge is 0.478 e. The molecule has 0 saturated carbocycles. The molecule has 0 fully saturated rings. The fraction of sp³-hybridized carbons (Fsp3) is 0. The zero-order valence-corrected chi connectivity index (χ0v) is 9.83. The van der Waals surface area contributed by atoms with Gasteiger partial charge in [0, 0.05) is 17.4 Å². The molecule has 2 rings (SSSR count). The van der Waals surface area contributed by atoms with Crippen LogP contribution in [-0.2, 0) is 0 Å². The molecule has 0 saturated heterocycles. The molecule has 0 aliphatic rings. The highest BCUT2D eigenvalue weighted by Crippen LogP contribution is 2.12. The van der Waals surface area contributed by atoms with Gasteiger partial charge < -0.3 is 16.2 Å². The number of carbonyl (C=O) groups is 2. The number of amides is 1. The highest BCUT2D eigenvalue weighted by Gasteiger charge is 2.09. The van der Waals surface area contributed by atoms with E-state index in [0.29, 0.717) is 16.9 Å². The molecule has 2 aromatic rings. The summed E-state index contributed by atoms with van der Waals surface area (Å²) in [6.07, 6.45) is 2.58. The highest BCUT2D eigenvalue weighted by molar-refractivity contribution is 6.05. The first-order valence-corrected chi connectivity index (χ1v) is 5.41. The fourth-order valence-corrected chi connectivity index (χ4v) is 1.51. The second-order valence-corrected chi connectivity index (χ2v) is 3.85. The Balaban J connectivity index is 2.19. The molecule has 6 heteroatoms. The van der Waals surface area contributed by atoms with Crippen molar-refractivity contribution in [2.24, 2.45) is 0 Å². The van der Waals surface area contributed by atoms with Crippen molar-refractivity contribution in [3.05, 3.63) is 53.9 Å². The molecular formula is C13H11N3O3. The van der Waals surface area contributed by atoms with Gasteiger partial charge in [0.1, 0.15) is 0 Å². The second kappa shape index (κ2) is 5.18. The number of benzene rings is 1. The SMILES string of the molecule is Nc1cccc(C(=O)Nc2cncc(C(=O)O)c2)c1. The van der Waals surface area contributed by atoms with Crippen molar-refractivity contribution >= 4 is 23.3 Å². The number of aromatic carboxylic acids is 1. The maximum atomic E-state index is 11.9. The highest BCUT2D eigenvalue weighted by atomic mass is 16.4. The third kappa shape index (κ3) is 3.06. The average Bonchev–Trinajstić information content (AvgIpc) is 2.39. The number of rotatable bonds is 3. The van der Waals surface area contributed by atoms with Crippen LogP contribution in [0.25, 0.3) is 0 Å². The van der Waals surface area contributed by atoms with Crippen molar-refractivity contribution in [3.8, 4) is 0 Å². The molecule has 0 atom stereocenters. The van der Waals surface area contributed by atoms with Crippen LogP contribution in [0, 0.1) is 0 Å². The first-order valence-electron chi connectivity index (χ1n) is 5.41. The zero-order chi connectivity index (χ0) is 13.8. The molecule has 6 nitrogen and oxygen atoms in total. The molecule has 0 radical (unpaired) electrons. The van der Waals surface area contributed by atoms with Crippen LogP contribution in [-0.4, -0.2) is 22.0 Å². The normalized spacial score (nSPS) is 9.89. The van der Waals surface area contributed by atoms with Crippen LogP contribution in [0.5, 0.6) is 0 Å².